The molecule has 1 atom stereocenters. The molecule has 1 saturated heterocycles. The molecule has 1 aliphatic rings. The standard InChI is InChI=1S/C7H13NO/c1-2-6-5-7(9)3-4-8-6/h6,8H,2-5H2,1H3/t6-/m0/s1. The van der Waals surface area contributed by atoms with Crippen LogP contribution in [0.15, 0.2) is 0 Å². The van der Waals surface area contributed by atoms with E-state index >= 15 is 0 Å². The number of ketones is 1. The molecule has 1 fully saturated rings. The van der Waals surface area contributed by atoms with Crippen LogP contribution in [0.5, 0.6) is 0 Å². The van der Waals surface area contributed by atoms with E-state index in [-0.39, 0.29) is 0 Å². The average Bonchev–Trinajstić information content (AvgIpc) is 1.88. The molecule has 9 heavy (non-hydrogen) atoms. The van der Waals surface area contributed by atoms with Gasteiger partial charge >= 0.3 is 0 Å². The van der Waals surface area contributed by atoms with E-state index in [0.717, 1.165) is 25.8 Å². The number of hydrogen-bond acceptors (Lipinski definition) is 2. The second-order valence-electron chi connectivity index (χ2n) is 2.55. The van der Waals surface area contributed by atoms with E-state index in [1.54, 1.807) is 0 Å². The van der Waals surface area contributed by atoms with Crippen molar-refractivity contribution < 1.29 is 4.79 Å². The molecule has 0 aromatic heterocycles. The van der Waals surface area contributed by atoms with Crippen molar-refractivity contribution in [3.05, 3.63) is 0 Å². The first-order valence-electron chi connectivity index (χ1n) is 3.58. The lowest BCUT2D eigenvalue weighted by molar-refractivity contribution is -0.120. The largest absolute Gasteiger partial charge is 0.313 e. The van der Waals surface area contributed by atoms with Crippen molar-refractivity contribution in [3.63, 3.8) is 0 Å². The third-order valence-corrected chi connectivity index (χ3v) is 1.80. The van der Waals surface area contributed by atoms with Gasteiger partial charge in [-0.3, -0.25) is 4.79 Å². The lowest BCUT2D eigenvalue weighted by Crippen LogP contribution is -2.37. The lowest BCUT2D eigenvalue weighted by atomic mass is 10.0. The molecule has 0 aromatic rings. The third-order valence-electron chi connectivity index (χ3n) is 1.80. The van der Waals surface area contributed by atoms with Crippen LogP contribution in [0, 0.1) is 0 Å². The maximum Gasteiger partial charge on any atom is 0.135 e. The Labute approximate surface area is 55.6 Å². The smallest absolute Gasteiger partial charge is 0.135 e. The van der Waals surface area contributed by atoms with Crippen molar-refractivity contribution in [2.24, 2.45) is 0 Å². The molecule has 1 rings (SSSR count). The highest BCUT2D eigenvalue weighted by atomic mass is 16.1. The highest BCUT2D eigenvalue weighted by Gasteiger charge is 2.15. The predicted octanol–water partition coefficient (Wildman–Crippen LogP) is 0.718. The Hall–Kier alpha value is -0.370. The third kappa shape index (κ3) is 1.79. The van der Waals surface area contributed by atoms with Crippen LogP contribution in [0.2, 0.25) is 0 Å². The topological polar surface area (TPSA) is 29.1 Å². The summed E-state index contributed by atoms with van der Waals surface area (Å²) in [6.07, 6.45) is 2.55. The molecule has 0 saturated carbocycles. The highest BCUT2D eigenvalue weighted by molar-refractivity contribution is 5.79. The van der Waals surface area contributed by atoms with Gasteiger partial charge in [0, 0.05) is 25.4 Å². The minimum Gasteiger partial charge on any atom is -0.313 e. The molecule has 0 bridgehead atoms. The molecular weight excluding hydrogens is 114 g/mol. The zero-order chi connectivity index (χ0) is 6.69. The van der Waals surface area contributed by atoms with E-state index in [4.69, 9.17) is 0 Å². The first-order valence-corrected chi connectivity index (χ1v) is 3.58. The van der Waals surface area contributed by atoms with Crippen molar-refractivity contribution in [2.45, 2.75) is 32.2 Å². The number of piperidine rings is 1. The van der Waals surface area contributed by atoms with E-state index in [1.807, 2.05) is 0 Å². The van der Waals surface area contributed by atoms with Gasteiger partial charge in [0.2, 0.25) is 0 Å². The van der Waals surface area contributed by atoms with Gasteiger partial charge in [-0.15, -0.1) is 0 Å². The van der Waals surface area contributed by atoms with Crippen molar-refractivity contribution in [1.82, 2.24) is 5.32 Å². The van der Waals surface area contributed by atoms with Gasteiger partial charge in [-0.1, -0.05) is 6.92 Å². The number of carbonyl (C=O) groups is 1. The van der Waals surface area contributed by atoms with Gasteiger partial charge in [-0.05, 0) is 6.42 Å². The number of carbonyl (C=O) groups excluding carboxylic acids is 1. The minimum absolute atomic E-state index is 0.417. The number of hydrogen-bond donors (Lipinski definition) is 1. The number of Topliss-reactive ketones (excluding diaryl/α,β-unsaturated/α-hetero) is 1. The van der Waals surface area contributed by atoms with Gasteiger partial charge in [0.15, 0.2) is 0 Å². The second kappa shape index (κ2) is 2.97. The molecule has 1 N–H and O–H groups in total. The van der Waals surface area contributed by atoms with Gasteiger partial charge in [0.25, 0.3) is 0 Å². The highest BCUT2D eigenvalue weighted by Crippen LogP contribution is 2.05. The molecule has 0 radical (unpaired) electrons. The van der Waals surface area contributed by atoms with Gasteiger partial charge in [-0.25, -0.2) is 0 Å². The van der Waals surface area contributed by atoms with Gasteiger partial charge < -0.3 is 5.32 Å². The molecule has 0 aliphatic carbocycles. The molecule has 52 valence electrons. The van der Waals surface area contributed by atoms with Crippen LogP contribution in [-0.4, -0.2) is 18.4 Å². The van der Waals surface area contributed by atoms with Crippen LogP contribution in [-0.2, 0) is 4.79 Å². The molecule has 0 aromatic carbocycles. The van der Waals surface area contributed by atoms with Crippen LogP contribution < -0.4 is 5.32 Å². The fourth-order valence-electron chi connectivity index (χ4n) is 1.15. The molecular formula is C7H13NO. The normalized spacial score (nSPS) is 28.6. The molecule has 0 unspecified atom stereocenters. The predicted molar refractivity (Wildman–Crippen MR) is 36.3 cm³/mol. The van der Waals surface area contributed by atoms with E-state index in [9.17, 15) is 4.79 Å². The SMILES string of the molecule is CC[C@H]1CC(=O)CCN1. The lowest BCUT2D eigenvalue weighted by Gasteiger charge is -2.20. The summed E-state index contributed by atoms with van der Waals surface area (Å²) < 4.78 is 0. The molecule has 1 aliphatic heterocycles. The summed E-state index contributed by atoms with van der Waals surface area (Å²) in [6, 6.07) is 0.464. The van der Waals surface area contributed by atoms with Crippen molar-refractivity contribution in [1.29, 1.82) is 0 Å². The van der Waals surface area contributed by atoms with Crippen molar-refractivity contribution in [3.8, 4) is 0 Å². The molecule has 2 nitrogen and oxygen atoms in total. The van der Waals surface area contributed by atoms with E-state index in [1.165, 1.54) is 0 Å². The van der Waals surface area contributed by atoms with Crippen molar-refractivity contribution in [2.75, 3.05) is 6.54 Å². The first-order chi connectivity index (χ1) is 4.33. The first kappa shape index (κ1) is 6.75. The van der Waals surface area contributed by atoms with Crippen LogP contribution >= 0.6 is 0 Å². The molecule has 0 amide bonds. The maximum atomic E-state index is 10.8. The monoisotopic (exact) mass is 127 g/mol. The summed E-state index contributed by atoms with van der Waals surface area (Å²) in [7, 11) is 0. The summed E-state index contributed by atoms with van der Waals surface area (Å²) in [5, 5.41) is 3.28. The Balaban J connectivity index is 2.32. The Bertz CT molecular complexity index is 111. The van der Waals surface area contributed by atoms with Crippen LogP contribution in [0.1, 0.15) is 26.2 Å². The summed E-state index contributed by atoms with van der Waals surface area (Å²) in [4.78, 5) is 10.8. The summed E-state index contributed by atoms with van der Waals surface area (Å²) in [6.45, 7) is 2.99. The van der Waals surface area contributed by atoms with Crippen LogP contribution in [0.3, 0.4) is 0 Å². The van der Waals surface area contributed by atoms with Crippen molar-refractivity contribution >= 4 is 5.78 Å². The Morgan fingerprint density at radius 2 is 2.56 bits per heavy atom. The molecule has 1 heterocycles. The van der Waals surface area contributed by atoms with Crippen LogP contribution in [0.25, 0.3) is 0 Å². The second-order valence-corrected chi connectivity index (χ2v) is 2.55. The van der Waals surface area contributed by atoms with E-state index in [0.29, 0.717) is 11.8 Å². The van der Waals surface area contributed by atoms with Gasteiger partial charge in [0.05, 0.1) is 0 Å². The maximum absolute atomic E-state index is 10.8. The van der Waals surface area contributed by atoms with E-state index in [2.05, 4.69) is 12.2 Å². The summed E-state index contributed by atoms with van der Waals surface area (Å²) in [5.74, 6) is 0.417. The number of rotatable bonds is 1. The average molecular weight is 127 g/mol. The van der Waals surface area contributed by atoms with Gasteiger partial charge in [0.1, 0.15) is 5.78 Å². The zero-order valence-electron chi connectivity index (χ0n) is 5.81. The fraction of sp³-hybridized carbons (Fsp3) is 0.857. The molecule has 0 spiro atoms. The van der Waals surface area contributed by atoms with Crippen LogP contribution in [0.4, 0.5) is 0 Å². The summed E-state index contributed by atoms with van der Waals surface area (Å²) in [5.41, 5.74) is 0. The Morgan fingerprint density at radius 1 is 1.78 bits per heavy atom. The Kier molecular flexibility index (Phi) is 2.22. The Morgan fingerprint density at radius 3 is 3.00 bits per heavy atom. The minimum atomic E-state index is 0.417. The zero-order valence-corrected chi connectivity index (χ0v) is 5.81. The quantitative estimate of drug-likeness (QED) is 0.562. The fourth-order valence-corrected chi connectivity index (χ4v) is 1.15. The molecule has 2 heteroatoms. The summed E-state index contributed by atoms with van der Waals surface area (Å²) >= 11 is 0. The number of nitrogens with one attached hydrogen (secondary N) is 1. The van der Waals surface area contributed by atoms with E-state index < -0.39 is 0 Å². The van der Waals surface area contributed by atoms with Gasteiger partial charge in [-0.2, -0.15) is 0 Å².